The Morgan fingerprint density at radius 1 is 1.00 bits per heavy atom. The number of hydrogen-bond acceptors (Lipinski definition) is 5. The van der Waals surface area contributed by atoms with Crippen LogP contribution in [0.2, 0.25) is 0 Å². The number of carbonyl (C=O) groups is 1. The van der Waals surface area contributed by atoms with E-state index in [1.165, 1.54) is 17.0 Å². The van der Waals surface area contributed by atoms with Crippen LogP contribution in [-0.4, -0.2) is 56.3 Å². The monoisotopic (exact) mass is 403 g/mol. The molecule has 1 aromatic carbocycles. The Bertz CT molecular complexity index is 1130. The molecule has 1 aliphatic heterocycles. The number of benzene rings is 1. The van der Waals surface area contributed by atoms with Crippen LogP contribution in [0.15, 0.2) is 66.3 Å². The van der Waals surface area contributed by atoms with Crippen molar-refractivity contribution >= 4 is 22.9 Å². The summed E-state index contributed by atoms with van der Waals surface area (Å²) in [6.45, 7) is 3.96. The van der Waals surface area contributed by atoms with Gasteiger partial charge in [0, 0.05) is 49.9 Å². The quantitative estimate of drug-likeness (QED) is 0.524. The van der Waals surface area contributed by atoms with Gasteiger partial charge < -0.3 is 9.30 Å². The van der Waals surface area contributed by atoms with Crippen molar-refractivity contribution < 1.29 is 4.79 Å². The van der Waals surface area contributed by atoms with Crippen molar-refractivity contribution in [2.75, 3.05) is 26.2 Å². The highest BCUT2D eigenvalue weighted by Crippen LogP contribution is 2.24. The molecule has 1 aliphatic rings. The van der Waals surface area contributed by atoms with Gasteiger partial charge in [-0.15, -0.1) is 11.3 Å². The molecular formula is C22H21N5OS. The topological polar surface area (TPSA) is 53.7 Å². The lowest BCUT2D eigenvalue weighted by atomic mass is 10.2. The minimum absolute atomic E-state index is 0.0258. The predicted molar refractivity (Wildman–Crippen MR) is 114 cm³/mol. The molecule has 3 aromatic heterocycles. The molecule has 0 radical (unpaired) electrons. The summed E-state index contributed by atoms with van der Waals surface area (Å²) in [6.07, 6.45) is 3.98. The van der Waals surface area contributed by atoms with Crippen LogP contribution >= 0.6 is 11.3 Å². The van der Waals surface area contributed by atoms with Gasteiger partial charge in [-0.2, -0.15) is 0 Å². The van der Waals surface area contributed by atoms with E-state index >= 15 is 0 Å². The van der Waals surface area contributed by atoms with Gasteiger partial charge in [-0.25, -0.2) is 9.97 Å². The molecule has 0 atom stereocenters. The summed E-state index contributed by atoms with van der Waals surface area (Å²) in [5, 5.41) is 2.76. The van der Waals surface area contributed by atoms with E-state index in [4.69, 9.17) is 0 Å². The third-order valence-electron chi connectivity index (χ3n) is 5.28. The molecule has 6 nitrogen and oxygen atoms in total. The predicted octanol–water partition coefficient (Wildman–Crippen LogP) is 3.42. The summed E-state index contributed by atoms with van der Waals surface area (Å²) >= 11 is 1.52. The van der Waals surface area contributed by atoms with Crippen molar-refractivity contribution in [2.45, 2.75) is 6.54 Å². The first-order valence-corrected chi connectivity index (χ1v) is 10.6. The maximum Gasteiger partial charge on any atom is 0.273 e. The molecule has 0 aliphatic carbocycles. The van der Waals surface area contributed by atoms with Crippen LogP contribution in [0.25, 0.3) is 16.2 Å². The van der Waals surface area contributed by atoms with Crippen LogP contribution in [0, 0.1) is 0 Å². The van der Waals surface area contributed by atoms with Gasteiger partial charge in [-0.05, 0) is 12.1 Å². The first kappa shape index (κ1) is 18.0. The number of imidazole rings is 1. The molecule has 4 aromatic rings. The van der Waals surface area contributed by atoms with Gasteiger partial charge in [0.1, 0.15) is 16.3 Å². The summed E-state index contributed by atoms with van der Waals surface area (Å²) in [6, 6.07) is 16.0. The van der Waals surface area contributed by atoms with E-state index in [2.05, 4.69) is 19.3 Å². The number of thiazole rings is 1. The number of nitrogens with zero attached hydrogens (tertiary/aromatic N) is 5. The van der Waals surface area contributed by atoms with Crippen molar-refractivity contribution in [3.63, 3.8) is 0 Å². The van der Waals surface area contributed by atoms with Crippen molar-refractivity contribution in [3.8, 4) is 10.6 Å². The Kier molecular flexibility index (Phi) is 4.83. The van der Waals surface area contributed by atoms with Gasteiger partial charge >= 0.3 is 0 Å². The zero-order valence-electron chi connectivity index (χ0n) is 15.9. The average molecular weight is 404 g/mol. The minimum Gasteiger partial charge on any atom is -0.335 e. The van der Waals surface area contributed by atoms with E-state index in [1.807, 2.05) is 71.2 Å². The molecule has 1 fully saturated rings. The van der Waals surface area contributed by atoms with Gasteiger partial charge in [0.05, 0.1) is 11.9 Å². The molecule has 1 amide bonds. The Hall–Kier alpha value is -3.03. The molecule has 1 saturated heterocycles. The Balaban J connectivity index is 1.22. The fourth-order valence-corrected chi connectivity index (χ4v) is 4.49. The SMILES string of the molecule is O=C(c1csc(-c2ccccc2)n1)N1CCN(Cc2cnc3ccccn23)CC1. The minimum atomic E-state index is 0.0258. The first-order valence-electron chi connectivity index (χ1n) is 9.71. The molecule has 0 spiro atoms. The van der Waals surface area contributed by atoms with Crippen LogP contribution in [0.1, 0.15) is 16.2 Å². The highest BCUT2D eigenvalue weighted by molar-refractivity contribution is 7.13. The molecule has 0 saturated carbocycles. The lowest BCUT2D eigenvalue weighted by Gasteiger charge is -2.34. The summed E-state index contributed by atoms with van der Waals surface area (Å²) in [4.78, 5) is 26.2. The zero-order valence-corrected chi connectivity index (χ0v) is 16.8. The highest BCUT2D eigenvalue weighted by Gasteiger charge is 2.24. The van der Waals surface area contributed by atoms with Crippen LogP contribution < -0.4 is 0 Å². The molecule has 4 heterocycles. The van der Waals surface area contributed by atoms with E-state index in [0.29, 0.717) is 18.8 Å². The van der Waals surface area contributed by atoms with Crippen molar-refractivity contribution in [1.29, 1.82) is 0 Å². The number of rotatable bonds is 4. The van der Waals surface area contributed by atoms with E-state index < -0.39 is 0 Å². The van der Waals surface area contributed by atoms with E-state index in [9.17, 15) is 4.79 Å². The Morgan fingerprint density at radius 2 is 1.79 bits per heavy atom. The lowest BCUT2D eigenvalue weighted by molar-refractivity contribution is 0.0622. The molecule has 0 unspecified atom stereocenters. The van der Waals surface area contributed by atoms with E-state index in [1.54, 1.807) is 0 Å². The first-order chi connectivity index (χ1) is 14.3. The Morgan fingerprint density at radius 3 is 2.62 bits per heavy atom. The summed E-state index contributed by atoms with van der Waals surface area (Å²) in [7, 11) is 0. The maximum absolute atomic E-state index is 12.9. The van der Waals surface area contributed by atoms with Crippen molar-refractivity contribution in [3.05, 3.63) is 77.7 Å². The maximum atomic E-state index is 12.9. The van der Waals surface area contributed by atoms with Gasteiger partial charge in [0.25, 0.3) is 5.91 Å². The lowest BCUT2D eigenvalue weighted by Crippen LogP contribution is -2.48. The van der Waals surface area contributed by atoms with Crippen molar-refractivity contribution in [2.24, 2.45) is 0 Å². The molecule has 146 valence electrons. The Labute approximate surface area is 173 Å². The number of carbonyl (C=O) groups excluding carboxylic acids is 1. The molecule has 5 rings (SSSR count). The number of fused-ring (bicyclic) bond motifs is 1. The number of piperazine rings is 1. The van der Waals surface area contributed by atoms with Crippen molar-refractivity contribution in [1.82, 2.24) is 24.2 Å². The zero-order chi connectivity index (χ0) is 19.6. The second-order valence-corrected chi connectivity index (χ2v) is 8.01. The van der Waals surface area contributed by atoms with Gasteiger partial charge in [-0.1, -0.05) is 36.4 Å². The van der Waals surface area contributed by atoms with Gasteiger partial charge in [-0.3, -0.25) is 9.69 Å². The highest BCUT2D eigenvalue weighted by atomic mass is 32.1. The fourth-order valence-electron chi connectivity index (χ4n) is 3.69. The van der Waals surface area contributed by atoms with Crippen LogP contribution in [0.5, 0.6) is 0 Å². The molecule has 0 bridgehead atoms. The standard InChI is InChI=1S/C22H21N5OS/c28-22(19-16-29-21(24-19)17-6-2-1-3-7-17)26-12-10-25(11-13-26)15-18-14-23-20-8-4-5-9-27(18)20/h1-9,14,16H,10-13,15H2. The summed E-state index contributed by atoms with van der Waals surface area (Å²) in [5.41, 5.74) is 3.74. The normalized spacial score (nSPS) is 15.1. The van der Waals surface area contributed by atoms with Crippen LogP contribution in [-0.2, 0) is 6.54 Å². The van der Waals surface area contributed by atoms with Crippen LogP contribution in [0.4, 0.5) is 0 Å². The number of amides is 1. The average Bonchev–Trinajstić information content (AvgIpc) is 3.43. The van der Waals surface area contributed by atoms with Gasteiger partial charge in [0.2, 0.25) is 0 Å². The smallest absolute Gasteiger partial charge is 0.273 e. The van der Waals surface area contributed by atoms with E-state index in [0.717, 1.165) is 35.9 Å². The molecule has 29 heavy (non-hydrogen) atoms. The third-order valence-corrected chi connectivity index (χ3v) is 6.17. The van der Waals surface area contributed by atoms with Gasteiger partial charge in [0.15, 0.2) is 0 Å². The second-order valence-electron chi connectivity index (χ2n) is 7.15. The fraction of sp³-hybridized carbons (Fsp3) is 0.227. The number of pyridine rings is 1. The summed E-state index contributed by atoms with van der Waals surface area (Å²) < 4.78 is 2.12. The number of hydrogen-bond donors (Lipinski definition) is 0. The van der Waals surface area contributed by atoms with E-state index in [-0.39, 0.29) is 5.91 Å². The molecule has 7 heteroatoms. The molecule has 0 N–H and O–H groups in total. The number of aromatic nitrogens is 3. The largest absolute Gasteiger partial charge is 0.335 e. The van der Waals surface area contributed by atoms with Crippen LogP contribution in [0.3, 0.4) is 0 Å². The molecular weight excluding hydrogens is 382 g/mol. The third kappa shape index (κ3) is 3.66. The second kappa shape index (κ2) is 7.77. The summed E-state index contributed by atoms with van der Waals surface area (Å²) in [5.74, 6) is 0.0258.